The lowest BCUT2D eigenvalue weighted by Gasteiger charge is -2.09. The van der Waals surface area contributed by atoms with Gasteiger partial charge in [-0.2, -0.15) is 5.10 Å². The van der Waals surface area contributed by atoms with Crippen molar-refractivity contribution < 1.29 is 9.90 Å². The van der Waals surface area contributed by atoms with Crippen LogP contribution in [0, 0.1) is 0 Å². The van der Waals surface area contributed by atoms with E-state index in [1.54, 1.807) is 11.6 Å². The van der Waals surface area contributed by atoms with E-state index in [2.05, 4.69) is 22.3 Å². The predicted molar refractivity (Wildman–Crippen MR) is 54.3 cm³/mol. The fourth-order valence-corrected chi connectivity index (χ4v) is 1.16. The van der Waals surface area contributed by atoms with Crippen molar-refractivity contribution in [3.05, 3.63) is 12.2 Å². The van der Waals surface area contributed by atoms with Crippen molar-refractivity contribution in [1.82, 2.24) is 20.1 Å². The van der Waals surface area contributed by atoms with Crippen molar-refractivity contribution in [3.8, 4) is 0 Å². The number of carboxylic acid groups (broad SMARTS) is 1. The second kappa shape index (κ2) is 5.45. The minimum absolute atomic E-state index is 0.424. The molecule has 1 aromatic rings. The summed E-state index contributed by atoms with van der Waals surface area (Å²) in [5.74, 6) is -0.0958. The molecule has 84 valence electrons. The van der Waals surface area contributed by atoms with Crippen molar-refractivity contribution in [2.45, 2.75) is 39.4 Å². The van der Waals surface area contributed by atoms with Crippen molar-refractivity contribution in [2.24, 2.45) is 0 Å². The standard InChI is InChI=1S/C9H16N4O2/c1-3-4-13-8(11-6-12-13)5-10-7(2)9(14)15/h6-7,10H,3-5H2,1-2H3,(H,14,15)/t7-/m1/s1. The third kappa shape index (κ3) is 3.32. The van der Waals surface area contributed by atoms with Gasteiger partial charge in [0.05, 0.1) is 6.54 Å². The molecule has 0 fully saturated rings. The summed E-state index contributed by atoms with van der Waals surface area (Å²) < 4.78 is 1.78. The highest BCUT2D eigenvalue weighted by atomic mass is 16.4. The van der Waals surface area contributed by atoms with Crippen LogP contribution in [0.15, 0.2) is 6.33 Å². The summed E-state index contributed by atoms with van der Waals surface area (Å²) in [6.45, 7) is 4.88. The first-order valence-electron chi connectivity index (χ1n) is 4.98. The number of aromatic nitrogens is 3. The molecule has 0 aliphatic heterocycles. The summed E-state index contributed by atoms with van der Waals surface area (Å²) in [4.78, 5) is 14.6. The van der Waals surface area contributed by atoms with E-state index in [0.717, 1.165) is 18.8 Å². The molecule has 1 aromatic heterocycles. The van der Waals surface area contributed by atoms with Crippen LogP contribution >= 0.6 is 0 Å². The van der Waals surface area contributed by atoms with Crippen LogP contribution in [0.25, 0.3) is 0 Å². The van der Waals surface area contributed by atoms with Crippen molar-refractivity contribution in [1.29, 1.82) is 0 Å². The maximum absolute atomic E-state index is 10.6. The lowest BCUT2D eigenvalue weighted by molar-refractivity contribution is -0.139. The number of nitrogens with one attached hydrogen (secondary N) is 1. The van der Waals surface area contributed by atoms with Gasteiger partial charge in [-0.1, -0.05) is 6.92 Å². The summed E-state index contributed by atoms with van der Waals surface area (Å²) in [5, 5.41) is 15.6. The largest absolute Gasteiger partial charge is 0.480 e. The lowest BCUT2D eigenvalue weighted by atomic mass is 10.3. The van der Waals surface area contributed by atoms with Crippen molar-refractivity contribution >= 4 is 5.97 Å². The van der Waals surface area contributed by atoms with Crippen LogP contribution in [0.3, 0.4) is 0 Å². The summed E-state index contributed by atoms with van der Waals surface area (Å²) in [6.07, 6.45) is 2.46. The average Bonchev–Trinajstić information content (AvgIpc) is 2.62. The van der Waals surface area contributed by atoms with E-state index in [1.165, 1.54) is 6.33 Å². The first-order valence-corrected chi connectivity index (χ1v) is 4.98. The molecular formula is C9H16N4O2. The molecule has 0 unspecified atom stereocenters. The summed E-state index contributed by atoms with van der Waals surface area (Å²) in [6, 6.07) is -0.572. The molecule has 1 heterocycles. The van der Waals surface area contributed by atoms with Gasteiger partial charge in [-0.3, -0.25) is 10.1 Å². The van der Waals surface area contributed by atoms with Gasteiger partial charge in [0.2, 0.25) is 0 Å². The Morgan fingerprint density at radius 1 is 1.73 bits per heavy atom. The zero-order valence-corrected chi connectivity index (χ0v) is 8.97. The summed E-state index contributed by atoms with van der Waals surface area (Å²) in [5.41, 5.74) is 0. The fourth-order valence-electron chi connectivity index (χ4n) is 1.16. The second-order valence-corrected chi connectivity index (χ2v) is 3.34. The Hall–Kier alpha value is -1.43. The van der Waals surface area contributed by atoms with E-state index in [0.29, 0.717) is 6.54 Å². The van der Waals surface area contributed by atoms with Crippen LogP contribution in [0.4, 0.5) is 0 Å². The third-order valence-electron chi connectivity index (χ3n) is 2.07. The second-order valence-electron chi connectivity index (χ2n) is 3.34. The molecule has 2 N–H and O–H groups in total. The Bertz CT molecular complexity index is 324. The van der Waals surface area contributed by atoms with Gasteiger partial charge in [0, 0.05) is 6.54 Å². The fraction of sp³-hybridized carbons (Fsp3) is 0.667. The number of carboxylic acids is 1. The first kappa shape index (κ1) is 11.6. The molecule has 0 spiro atoms. The first-order chi connectivity index (χ1) is 7.15. The molecule has 0 radical (unpaired) electrons. The number of nitrogens with zero attached hydrogens (tertiary/aromatic N) is 3. The average molecular weight is 212 g/mol. The van der Waals surface area contributed by atoms with Gasteiger partial charge in [0.25, 0.3) is 0 Å². The van der Waals surface area contributed by atoms with Gasteiger partial charge in [-0.05, 0) is 13.3 Å². The molecule has 0 saturated carbocycles. The normalized spacial score (nSPS) is 12.7. The maximum Gasteiger partial charge on any atom is 0.320 e. The SMILES string of the molecule is CCCn1ncnc1CN[C@H](C)C(=O)O. The van der Waals surface area contributed by atoms with Gasteiger partial charge in [0.1, 0.15) is 18.2 Å². The summed E-state index contributed by atoms with van der Waals surface area (Å²) >= 11 is 0. The zero-order chi connectivity index (χ0) is 11.3. The van der Waals surface area contributed by atoms with Gasteiger partial charge < -0.3 is 5.11 Å². The molecule has 0 saturated heterocycles. The van der Waals surface area contributed by atoms with Crippen molar-refractivity contribution in [2.75, 3.05) is 0 Å². The van der Waals surface area contributed by atoms with E-state index in [-0.39, 0.29) is 0 Å². The number of aliphatic carboxylic acids is 1. The molecule has 0 amide bonds. The molecular weight excluding hydrogens is 196 g/mol. The molecule has 6 nitrogen and oxygen atoms in total. The molecule has 1 atom stereocenters. The molecule has 15 heavy (non-hydrogen) atoms. The maximum atomic E-state index is 10.6. The van der Waals surface area contributed by atoms with Gasteiger partial charge in [-0.25, -0.2) is 9.67 Å². The van der Waals surface area contributed by atoms with Crippen LogP contribution in [0.5, 0.6) is 0 Å². The molecule has 0 aromatic carbocycles. The number of aryl methyl sites for hydroxylation is 1. The summed E-state index contributed by atoms with van der Waals surface area (Å²) in [7, 11) is 0. The third-order valence-corrected chi connectivity index (χ3v) is 2.07. The Balaban J connectivity index is 2.49. The highest BCUT2D eigenvalue weighted by Gasteiger charge is 2.11. The van der Waals surface area contributed by atoms with Crippen LogP contribution in [0.2, 0.25) is 0 Å². The minimum atomic E-state index is -0.864. The van der Waals surface area contributed by atoms with Crippen LogP contribution < -0.4 is 5.32 Å². The van der Waals surface area contributed by atoms with Crippen molar-refractivity contribution in [3.63, 3.8) is 0 Å². The number of hydrogen-bond acceptors (Lipinski definition) is 4. The monoisotopic (exact) mass is 212 g/mol. The lowest BCUT2D eigenvalue weighted by Crippen LogP contribution is -2.34. The van der Waals surface area contributed by atoms with Crippen LogP contribution in [-0.2, 0) is 17.9 Å². The van der Waals surface area contributed by atoms with Crippen LogP contribution in [-0.4, -0.2) is 31.9 Å². The zero-order valence-electron chi connectivity index (χ0n) is 8.97. The highest BCUT2D eigenvalue weighted by molar-refractivity contribution is 5.72. The highest BCUT2D eigenvalue weighted by Crippen LogP contribution is 1.96. The van der Waals surface area contributed by atoms with E-state index < -0.39 is 12.0 Å². The quantitative estimate of drug-likeness (QED) is 0.706. The van der Waals surface area contributed by atoms with E-state index in [1.807, 2.05) is 0 Å². The smallest absolute Gasteiger partial charge is 0.320 e. The topological polar surface area (TPSA) is 80.0 Å². The molecule has 0 aliphatic carbocycles. The molecule has 0 aliphatic rings. The number of hydrogen-bond donors (Lipinski definition) is 2. The van der Waals surface area contributed by atoms with Crippen LogP contribution in [0.1, 0.15) is 26.1 Å². The van der Waals surface area contributed by atoms with E-state index in [4.69, 9.17) is 5.11 Å². The van der Waals surface area contributed by atoms with Gasteiger partial charge in [-0.15, -0.1) is 0 Å². The number of rotatable bonds is 6. The molecule has 1 rings (SSSR count). The van der Waals surface area contributed by atoms with Gasteiger partial charge in [0.15, 0.2) is 0 Å². The van der Waals surface area contributed by atoms with E-state index >= 15 is 0 Å². The van der Waals surface area contributed by atoms with E-state index in [9.17, 15) is 4.79 Å². The Morgan fingerprint density at radius 2 is 2.47 bits per heavy atom. The van der Waals surface area contributed by atoms with Gasteiger partial charge >= 0.3 is 5.97 Å². The Kier molecular flexibility index (Phi) is 4.23. The molecule has 0 bridgehead atoms. The number of carbonyl (C=O) groups is 1. The minimum Gasteiger partial charge on any atom is -0.480 e. The Labute approximate surface area is 88.3 Å². The molecule has 6 heteroatoms. The predicted octanol–water partition coefficient (Wildman–Crippen LogP) is 0.251. The Morgan fingerprint density at radius 3 is 3.07 bits per heavy atom.